The van der Waals surface area contributed by atoms with Gasteiger partial charge in [-0.3, -0.25) is 4.79 Å². The number of hydrogen-bond acceptors (Lipinski definition) is 3. The zero-order valence-electron chi connectivity index (χ0n) is 12.7. The lowest BCUT2D eigenvalue weighted by Crippen LogP contribution is -2.51. The van der Waals surface area contributed by atoms with Gasteiger partial charge in [-0.05, 0) is 51.2 Å². The minimum Gasteiger partial charge on any atom is -0.354 e. The Morgan fingerprint density at radius 3 is 2.48 bits per heavy atom. The van der Waals surface area contributed by atoms with Gasteiger partial charge in [-0.15, -0.1) is 11.8 Å². The highest BCUT2D eigenvalue weighted by Crippen LogP contribution is 2.33. The van der Waals surface area contributed by atoms with Gasteiger partial charge in [0.25, 0.3) is 0 Å². The van der Waals surface area contributed by atoms with Crippen molar-refractivity contribution in [2.75, 3.05) is 26.4 Å². The Morgan fingerprint density at radius 2 is 1.90 bits per heavy atom. The Hall–Kier alpha value is -0.520. The molecule has 0 spiro atoms. The number of carbonyl (C=O) groups excluding carboxylic acids is 1. The number of benzene rings is 1. The highest BCUT2D eigenvalue weighted by molar-refractivity contribution is 9.10. The molecule has 0 radical (unpaired) electrons. The van der Waals surface area contributed by atoms with Crippen molar-refractivity contribution in [3.05, 3.63) is 28.7 Å². The number of carbonyl (C=O) groups is 1. The molecule has 0 heterocycles. The van der Waals surface area contributed by atoms with Gasteiger partial charge in [0.05, 0.1) is 5.75 Å². The summed E-state index contributed by atoms with van der Waals surface area (Å²) in [5.41, 5.74) is 0.165. The van der Waals surface area contributed by atoms with E-state index in [0.717, 1.165) is 15.9 Å². The molecule has 1 N–H and O–H groups in total. The molecule has 1 aliphatic carbocycles. The number of hydrogen-bond donors (Lipinski definition) is 1. The normalized spacial score (nSPS) is 17.1. The Kier molecular flexibility index (Phi) is 6.14. The lowest BCUT2D eigenvalue weighted by Gasteiger charge is -2.36. The number of likely N-dealkylation sites (N-methyl/N-ethyl adjacent to an activating group) is 1. The third kappa shape index (κ3) is 4.73. The maximum atomic E-state index is 12.0. The minimum atomic E-state index is 0.121. The van der Waals surface area contributed by atoms with Crippen LogP contribution in [0, 0.1) is 0 Å². The van der Waals surface area contributed by atoms with Crippen LogP contribution in [0.3, 0.4) is 0 Å². The maximum Gasteiger partial charge on any atom is 0.230 e. The molecule has 0 unspecified atom stereocenters. The third-order valence-electron chi connectivity index (χ3n) is 4.28. The first-order valence-corrected chi connectivity index (χ1v) is 9.12. The molecule has 3 nitrogen and oxygen atoms in total. The topological polar surface area (TPSA) is 32.3 Å². The van der Waals surface area contributed by atoms with Crippen molar-refractivity contribution < 1.29 is 4.79 Å². The number of halogens is 1. The summed E-state index contributed by atoms with van der Waals surface area (Å²) in [5.74, 6) is 0.599. The SMILES string of the molecule is CN(C)C1(CNC(=O)CSc2ccc(Br)cc2)CCCC1. The van der Waals surface area contributed by atoms with Crippen molar-refractivity contribution in [1.29, 1.82) is 0 Å². The van der Waals surface area contributed by atoms with Crippen molar-refractivity contribution in [2.45, 2.75) is 36.1 Å². The largest absolute Gasteiger partial charge is 0.354 e. The van der Waals surface area contributed by atoms with E-state index in [9.17, 15) is 4.79 Å². The lowest BCUT2D eigenvalue weighted by atomic mass is 9.96. The first kappa shape index (κ1) is 16.8. The van der Waals surface area contributed by atoms with E-state index in [2.05, 4.69) is 40.2 Å². The summed E-state index contributed by atoms with van der Waals surface area (Å²) in [7, 11) is 4.24. The van der Waals surface area contributed by atoms with Gasteiger partial charge in [0, 0.05) is 21.5 Å². The second kappa shape index (κ2) is 7.65. The van der Waals surface area contributed by atoms with Crippen LogP contribution in [0.15, 0.2) is 33.6 Å². The fourth-order valence-electron chi connectivity index (χ4n) is 2.81. The van der Waals surface area contributed by atoms with E-state index in [1.165, 1.54) is 25.7 Å². The Morgan fingerprint density at radius 1 is 1.29 bits per heavy atom. The molecule has 1 aromatic rings. The number of rotatable bonds is 6. The van der Waals surface area contributed by atoms with Crippen molar-refractivity contribution >= 4 is 33.6 Å². The maximum absolute atomic E-state index is 12.0. The molecule has 1 amide bonds. The van der Waals surface area contributed by atoms with Gasteiger partial charge in [0.1, 0.15) is 0 Å². The molecule has 0 aliphatic heterocycles. The summed E-state index contributed by atoms with van der Waals surface area (Å²) in [6.45, 7) is 0.764. The van der Waals surface area contributed by atoms with E-state index in [4.69, 9.17) is 0 Å². The van der Waals surface area contributed by atoms with E-state index in [1.54, 1.807) is 11.8 Å². The Labute approximate surface area is 140 Å². The second-order valence-corrected chi connectivity index (χ2v) is 7.81. The highest BCUT2D eigenvalue weighted by Gasteiger charge is 2.35. The van der Waals surface area contributed by atoms with Gasteiger partial charge < -0.3 is 10.2 Å². The van der Waals surface area contributed by atoms with Gasteiger partial charge in [0.2, 0.25) is 5.91 Å². The number of nitrogens with one attached hydrogen (secondary N) is 1. The van der Waals surface area contributed by atoms with Crippen LogP contribution >= 0.6 is 27.7 Å². The van der Waals surface area contributed by atoms with Crippen LogP contribution < -0.4 is 5.32 Å². The summed E-state index contributed by atoms with van der Waals surface area (Å²) in [5, 5.41) is 3.12. The molecule has 5 heteroatoms. The van der Waals surface area contributed by atoms with Crippen molar-refractivity contribution in [1.82, 2.24) is 10.2 Å². The molecule has 0 saturated heterocycles. The molecular weight excluding hydrogens is 348 g/mol. The number of thioether (sulfide) groups is 1. The molecule has 116 valence electrons. The molecular formula is C16H23BrN2OS. The molecule has 0 atom stereocenters. The van der Waals surface area contributed by atoms with Crippen LogP contribution in [0.25, 0.3) is 0 Å². The zero-order chi connectivity index (χ0) is 15.3. The first-order chi connectivity index (χ1) is 10.0. The number of amides is 1. The summed E-state index contributed by atoms with van der Waals surface area (Å²) >= 11 is 4.99. The smallest absolute Gasteiger partial charge is 0.230 e. The quantitative estimate of drug-likeness (QED) is 0.777. The molecule has 1 aromatic carbocycles. The summed E-state index contributed by atoms with van der Waals surface area (Å²) in [6.07, 6.45) is 4.89. The zero-order valence-corrected chi connectivity index (χ0v) is 15.1. The summed E-state index contributed by atoms with van der Waals surface area (Å²) in [6, 6.07) is 8.06. The molecule has 1 saturated carbocycles. The van der Waals surface area contributed by atoms with Crippen LogP contribution in [0.2, 0.25) is 0 Å². The van der Waals surface area contributed by atoms with Crippen LogP contribution in [-0.2, 0) is 4.79 Å². The third-order valence-corrected chi connectivity index (χ3v) is 5.82. The van der Waals surface area contributed by atoms with Gasteiger partial charge in [-0.1, -0.05) is 28.8 Å². The van der Waals surface area contributed by atoms with Crippen LogP contribution in [0.1, 0.15) is 25.7 Å². The fraction of sp³-hybridized carbons (Fsp3) is 0.562. The van der Waals surface area contributed by atoms with Crippen LogP contribution in [-0.4, -0.2) is 42.7 Å². The van der Waals surface area contributed by atoms with Gasteiger partial charge in [-0.25, -0.2) is 0 Å². The number of nitrogens with zero attached hydrogens (tertiary/aromatic N) is 1. The molecule has 1 fully saturated rings. The molecule has 1 aliphatic rings. The van der Waals surface area contributed by atoms with E-state index in [0.29, 0.717) is 5.75 Å². The summed E-state index contributed by atoms with van der Waals surface area (Å²) < 4.78 is 1.06. The van der Waals surface area contributed by atoms with Crippen LogP contribution in [0.5, 0.6) is 0 Å². The van der Waals surface area contributed by atoms with Gasteiger partial charge >= 0.3 is 0 Å². The van der Waals surface area contributed by atoms with E-state index >= 15 is 0 Å². The summed E-state index contributed by atoms with van der Waals surface area (Å²) in [4.78, 5) is 15.4. The molecule has 2 rings (SSSR count). The standard InChI is InChI=1S/C16H23BrN2OS/c1-19(2)16(9-3-4-10-16)12-18-15(20)11-21-14-7-5-13(17)6-8-14/h5-8H,3-4,9-12H2,1-2H3,(H,18,20). The molecule has 0 aromatic heterocycles. The minimum absolute atomic E-state index is 0.121. The van der Waals surface area contributed by atoms with Crippen molar-refractivity contribution in [2.24, 2.45) is 0 Å². The van der Waals surface area contributed by atoms with Crippen LogP contribution in [0.4, 0.5) is 0 Å². The Bertz CT molecular complexity index is 470. The lowest BCUT2D eigenvalue weighted by molar-refractivity contribution is -0.119. The molecule has 21 heavy (non-hydrogen) atoms. The monoisotopic (exact) mass is 370 g/mol. The predicted molar refractivity (Wildman–Crippen MR) is 92.8 cm³/mol. The van der Waals surface area contributed by atoms with Crippen molar-refractivity contribution in [3.8, 4) is 0 Å². The van der Waals surface area contributed by atoms with Gasteiger partial charge in [-0.2, -0.15) is 0 Å². The molecule has 0 bridgehead atoms. The van der Waals surface area contributed by atoms with Crippen molar-refractivity contribution in [3.63, 3.8) is 0 Å². The van der Waals surface area contributed by atoms with E-state index in [-0.39, 0.29) is 11.4 Å². The van der Waals surface area contributed by atoms with E-state index < -0.39 is 0 Å². The average molecular weight is 371 g/mol. The fourth-order valence-corrected chi connectivity index (χ4v) is 3.80. The Balaban J connectivity index is 1.78. The van der Waals surface area contributed by atoms with E-state index in [1.807, 2.05) is 24.3 Å². The van der Waals surface area contributed by atoms with Gasteiger partial charge in [0.15, 0.2) is 0 Å². The first-order valence-electron chi connectivity index (χ1n) is 7.34. The predicted octanol–water partition coefficient (Wildman–Crippen LogP) is 3.53. The second-order valence-electron chi connectivity index (χ2n) is 5.85. The highest BCUT2D eigenvalue weighted by atomic mass is 79.9. The average Bonchev–Trinajstić information content (AvgIpc) is 2.95.